The lowest BCUT2D eigenvalue weighted by molar-refractivity contribution is 0.310. The molecule has 0 amide bonds. The van der Waals surface area contributed by atoms with Crippen molar-refractivity contribution in [1.82, 2.24) is 9.97 Å². The molecule has 1 heterocycles. The highest BCUT2D eigenvalue weighted by molar-refractivity contribution is 6.30. The van der Waals surface area contributed by atoms with Gasteiger partial charge in [-0.05, 0) is 42.7 Å². The first kappa shape index (κ1) is 19.8. The number of nitrogen functional groups attached to an aromatic ring is 2. The Morgan fingerprint density at radius 2 is 1.73 bits per heavy atom. The lowest BCUT2D eigenvalue weighted by Gasteiger charge is -2.13. The first-order valence-corrected chi connectivity index (χ1v) is 8.37. The number of benzene rings is 2. The van der Waals surface area contributed by atoms with Gasteiger partial charge in [-0.25, -0.2) is 4.98 Å². The Kier molecular flexibility index (Phi) is 7.06. The number of rotatable bonds is 6. The Bertz CT molecular complexity index is 859. The van der Waals surface area contributed by atoms with Crippen molar-refractivity contribution in [3.05, 3.63) is 65.3 Å². The number of hydrogen-bond donors (Lipinski definition) is 2. The number of hydrogen-bond acceptors (Lipinski definition) is 5. The van der Waals surface area contributed by atoms with Crippen LogP contribution >= 0.6 is 24.0 Å². The second-order valence-electron chi connectivity index (χ2n) is 5.56. The van der Waals surface area contributed by atoms with Crippen molar-refractivity contribution < 1.29 is 4.74 Å². The quantitative estimate of drug-likeness (QED) is 0.609. The summed E-state index contributed by atoms with van der Waals surface area (Å²) in [6, 6.07) is 17.2. The molecule has 3 aromatic rings. The average molecular weight is 391 g/mol. The minimum Gasteiger partial charge on any atom is -0.494 e. The summed E-state index contributed by atoms with van der Waals surface area (Å²) in [6.07, 6.45) is 1.45. The average Bonchev–Trinajstić information content (AvgIpc) is 2.59. The molecule has 0 unspecified atom stereocenters. The third-order valence-electron chi connectivity index (χ3n) is 3.71. The molecule has 0 spiro atoms. The van der Waals surface area contributed by atoms with Gasteiger partial charge in [-0.3, -0.25) is 0 Å². The fraction of sp³-hybridized carbons (Fsp3) is 0.158. The summed E-state index contributed by atoms with van der Waals surface area (Å²) in [5, 5.41) is 0.632. The van der Waals surface area contributed by atoms with Gasteiger partial charge in [-0.1, -0.05) is 41.9 Å². The monoisotopic (exact) mass is 390 g/mol. The highest BCUT2D eigenvalue weighted by Crippen LogP contribution is 2.30. The molecule has 0 saturated heterocycles. The Labute approximate surface area is 163 Å². The van der Waals surface area contributed by atoms with E-state index in [-0.39, 0.29) is 18.4 Å². The van der Waals surface area contributed by atoms with Crippen LogP contribution in [0.3, 0.4) is 0 Å². The van der Waals surface area contributed by atoms with Gasteiger partial charge in [0, 0.05) is 10.6 Å². The second kappa shape index (κ2) is 9.27. The molecule has 1 aromatic heterocycles. The van der Waals surface area contributed by atoms with Crippen molar-refractivity contribution in [2.45, 2.75) is 12.8 Å². The van der Waals surface area contributed by atoms with Crippen LogP contribution in [0.2, 0.25) is 5.02 Å². The van der Waals surface area contributed by atoms with E-state index < -0.39 is 0 Å². The van der Waals surface area contributed by atoms with E-state index in [4.69, 9.17) is 27.8 Å². The van der Waals surface area contributed by atoms with Gasteiger partial charge in [-0.2, -0.15) is 4.98 Å². The maximum Gasteiger partial charge on any atom is 0.222 e. The second-order valence-corrected chi connectivity index (χ2v) is 6.00. The molecule has 26 heavy (non-hydrogen) atoms. The minimum absolute atomic E-state index is 0. The lowest BCUT2D eigenvalue weighted by Crippen LogP contribution is -2.08. The number of para-hydroxylation sites is 1. The van der Waals surface area contributed by atoms with Crippen LogP contribution in [-0.2, 0) is 6.42 Å². The van der Waals surface area contributed by atoms with Crippen LogP contribution in [0.4, 0.5) is 11.8 Å². The summed E-state index contributed by atoms with van der Waals surface area (Å²) in [6.45, 7) is 0.572. The van der Waals surface area contributed by atoms with Crippen molar-refractivity contribution in [3.63, 3.8) is 0 Å². The number of ether oxygens (including phenoxy) is 1. The molecular weight excluding hydrogens is 371 g/mol. The van der Waals surface area contributed by atoms with Gasteiger partial charge >= 0.3 is 0 Å². The molecule has 5 nitrogen and oxygen atoms in total. The van der Waals surface area contributed by atoms with Crippen LogP contribution < -0.4 is 16.2 Å². The van der Waals surface area contributed by atoms with Crippen LogP contribution in [0.15, 0.2) is 54.6 Å². The van der Waals surface area contributed by atoms with Gasteiger partial charge in [0.1, 0.15) is 11.6 Å². The van der Waals surface area contributed by atoms with Crippen molar-refractivity contribution >= 4 is 35.8 Å². The van der Waals surface area contributed by atoms with Crippen molar-refractivity contribution in [2.75, 3.05) is 18.1 Å². The zero-order chi connectivity index (χ0) is 17.6. The topological polar surface area (TPSA) is 87.0 Å². The first-order chi connectivity index (χ1) is 12.1. The molecule has 0 aliphatic heterocycles. The Balaban J connectivity index is 0.00000243. The molecule has 3 rings (SSSR count). The van der Waals surface area contributed by atoms with E-state index in [1.54, 1.807) is 0 Å². The molecule has 7 heteroatoms. The molecule has 0 radical (unpaired) electrons. The standard InChI is InChI=1S/C19H19ClN4O.ClH/c20-14-7-4-6-13(12-14)17-16(23-19(22)24-18(17)21)10-5-11-25-15-8-2-1-3-9-15;/h1-4,6-9,12H,5,10-11H2,(H4,21,22,23,24);1H. The van der Waals surface area contributed by atoms with E-state index in [0.29, 0.717) is 23.9 Å². The number of anilines is 2. The molecule has 136 valence electrons. The molecule has 0 aliphatic carbocycles. The smallest absolute Gasteiger partial charge is 0.222 e. The summed E-state index contributed by atoms with van der Waals surface area (Å²) in [7, 11) is 0. The van der Waals surface area contributed by atoms with E-state index in [1.807, 2.05) is 54.6 Å². The van der Waals surface area contributed by atoms with Crippen molar-refractivity contribution in [3.8, 4) is 16.9 Å². The molecular formula is C19H20Cl2N4O. The van der Waals surface area contributed by atoms with Gasteiger partial charge in [0.25, 0.3) is 0 Å². The Morgan fingerprint density at radius 3 is 2.46 bits per heavy atom. The zero-order valence-electron chi connectivity index (χ0n) is 14.1. The largest absolute Gasteiger partial charge is 0.494 e. The van der Waals surface area contributed by atoms with Crippen LogP contribution in [0.5, 0.6) is 5.75 Å². The van der Waals surface area contributed by atoms with E-state index in [2.05, 4.69) is 9.97 Å². The van der Waals surface area contributed by atoms with Gasteiger partial charge in [0.15, 0.2) is 0 Å². The maximum atomic E-state index is 6.10. The summed E-state index contributed by atoms with van der Waals surface area (Å²) in [5.74, 6) is 1.37. The SMILES string of the molecule is Cl.Nc1nc(N)c(-c2cccc(Cl)c2)c(CCCOc2ccccc2)n1. The third kappa shape index (κ3) is 5.00. The predicted molar refractivity (Wildman–Crippen MR) is 109 cm³/mol. The number of aromatic nitrogens is 2. The van der Waals surface area contributed by atoms with E-state index in [1.165, 1.54) is 0 Å². The van der Waals surface area contributed by atoms with Crippen LogP contribution in [-0.4, -0.2) is 16.6 Å². The maximum absolute atomic E-state index is 6.10. The number of halogens is 2. The van der Waals surface area contributed by atoms with Crippen molar-refractivity contribution in [1.29, 1.82) is 0 Å². The van der Waals surface area contributed by atoms with E-state index in [9.17, 15) is 0 Å². The minimum atomic E-state index is 0. The Morgan fingerprint density at radius 1 is 0.962 bits per heavy atom. The summed E-state index contributed by atoms with van der Waals surface area (Å²) in [4.78, 5) is 8.46. The molecule has 0 fully saturated rings. The van der Waals surface area contributed by atoms with E-state index in [0.717, 1.165) is 29.0 Å². The fourth-order valence-electron chi connectivity index (χ4n) is 2.63. The zero-order valence-corrected chi connectivity index (χ0v) is 15.6. The van der Waals surface area contributed by atoms with Crippen molar-refractivity contribution in [2.24, 2.45) is 0 Å². The third-order valence-corrected chi connectivity index (χ3v) is 3.95. The molecule has 0 saturated carbocycles. The number of aryl methyl sites for hydroxylation is 1. The predicted octanol–water partition coefficient (Wildman–Crippen LogP) is 4.39. The van der Waals surface area contributed by atoms with Gasteiger partial charge < -0.3 is 16.2 Å². The van der Waals surface area contributed by atoms with Crippen LogP contribution in [0, 0.1) is 0 Å². The molecule has 0 aliphatic rings. The molecule has 0 bridgehead atoms. The highest BCUT2D eigenvalue weighted by atomic mass is 35.5. The highest BCUT2D eigenvalue weighted by Gasteiger charge is 2.14. The van der Waals surface area contributed by atoms with Gasteiger partial charge in [-0.15, -0.1) is 12.4 Å². The summed E-state index contributed by atoms with van der Waals surface area (Å²) in [5.41, 5.74) is 14.3. The Hall–Kier alpha value is -2.50. The molecule has 0 atom stereocenters. The van der Waals surface area contributed by atoms with Crippen LogP contribution in [0.25, 0.3) is 11.1 Å². The normalized spacial score (nSPS) is 10.2. The van der Waals surface area contributed by atoms with Gasteiger partial charge in [0.2, 0.25) is 5.95 Å². The van der Waals surface area contributed by atoms with Crippen LogP contribution in [0.1, 0.15) is 12.1 Å². The van der Waals surface area contributed by atoms with E-state index >= 15 is 0 Å². The summed E-state index contributed by atoms with van der Waals surface area (Å²) >= 11 is 6.10. The number of nitrogens with zero attached hydrogens (tertiary/aromatic N) is 2. The number of nitrogens with two attached hydrogens (primary N) is 2. The molecule has 4 N–H and O–H groups in total. The first-order valence-electron chi connectivity index (χ1n) is 7.99. The van der Waals surface area contributed by atoms with Gasteiger partial charge in [0.05, 0.1) is 12.3 Å². The fourth-order valence-corrected chi connectivity index (χ4v) is 2.82. The molecule has 2 aromatic carbocycles. The summed E-state index contributed by atoms with van der Waals surface area (Å²) < 4.78 is 5.73. The lowest BCUT2D eigenvalue weighted by atomic mass is 10.0.